The number of halogens is 3. The van der Waals surface area contributed by atoms with Gasteiger partial charge in [-0.3, -0.25) is 9.59 Å². The molecule has 5 nitrogen and oxygen atoms in total. The summed E-state index contributed by atoms with van der Waals surface area (Å²) in [6.45, 7) is 4.41. The van der Waals surface area contributed by atoms with Gasteiger partial charge in [-0.05, 0) is 59.4 Å². The third-order valence-electron chi connectivity index (χ3n) is 6.98. The van der Waals surface area contributed by atoms with E-state index in [1.54, 1.807) is 24.3 Å². The van der Waals surface area contributed by atoms with Gasteiger partial charge in [0.1, 0.15) is 5.82 Å². The highest BCUT2D eigenvalue weighted by Gasteiger charge is 2.42. The lowest BCUT2D eigenvalue weighted by atomic mass is 9.73. The Kier molecular flexibility index (Phi) is 7.21. The van der Waals surface area contributed by atoms with Gasteiger partial charge in [0, 0.05) is 24.2 Å². The molecular formula is C30H28Cl2FN3O2. The number of Topliss-reactive ketones (excluding diaryl/α,β-unsaturated/α-hetero) is 1. The first-order valence-corrected chi connectivity index (χ1v) is 13.2. The van der Waals surface area contributed by atoms with E-state index in [4.69, 9.17) is 23.2 Å². The van der Waals surface area contributed by atoms with Gasteiger partial charge in [0.2, 0.25) is 5.91 Å². The van der Waals surface area contributed by atoms with Crippen molar-refractivity contribution in [1.29, 1.82) is 0 Å². The Bertz CT molecular complexity index is 1440. The number of ketones is 1. The van der Waals surface area contributed by atoms with Gasteiger partial charge in [-0.1, -0.05) is 67.4 Å². The summed E-state index contributed by atoms with van der Waals surface area (Å²) in [5.41, 5.74) is 4.44. The third-order valence-corrected chi connectivity index (χ3v) is 7.72. The largest absolute Gasteiger partial charge is 0.357 e. The zero-order valence-corrected chi connectivity index (χ0v) is 22.7. The van der Waals surface area contributed by atoms with Gasteiger partial charge >= 0.3 is 0 Å². The number of amides is 1. The maximum atomic E-state index is 13.7. The number of carbonyl (C=O) groups excluding carboxylic acids is 2. The van der Waals surface area contributed by atoms with Crippen LogP contribution in [0.4, 0.5) is 15.8 Å². The van der Waals surface area contributed by atoms with E-state index in [1.807, 2.05) is 35.2 Å². The first-order valence-electron chi connectivity index (χ1n) is 12.5. The van der Waals surface area contributed by atoms with E-state index in [2.05, 4.69) is 24.5 Å². The lowest BCUT2D eigenvalue weighted by Gasteiger charge is -2.38. The molecule has 1 heterocycles. The number of anilines is 2. The summed E-state index contributed by atoms with van der Waals surface area (Å²) in [6.07, 6.45) is 1.08. The standard InChI is InChI=1S/C30H28Cl2FN3O2/c1-30(2)14-24-28(26(37)15-30)29(19-9-12-21(31)22(32)13-19)36(25-6-4-3-5-23(25)35-24)17-27(38)34-16-18-7-10-20(33)11-8-18/h3-13,29,35H,14-17H2,1-2H3,(H,34,38). The quantitative estimate of drug-likeness (QED) is 0.356. The molecule has 1 unspecified atom stereocenters. The molecule has 1 amide bonds. The Morgan fingerprint density at radius 1 is 1.05 bits per heavy atom. The number of benzene rings is 3. The number of carbonyl (C=O) groups is 2. The summed E-state index contributed by atoms with van der Waals surface area (Å²) < 4.78 is 13.3. The molecular weight excluding hydrogens is 524 g/mol. The van der Waals surface area contributed by atoms with Crippen LogP contribution < -0.4 is 15.5 Å². The van der Waals surface area contributed by atoms with E-state index in [0.29, 0.717) is 28.5 Å². The topological polar surface area (TPSA) is 61.4 Å². The number of nitrogens with one attached hydrogen (secondary N) is 2. The molecule has 0 saturated heterocycles. The Morgan fingerprint density at radius 2 is 1.79 bits per heavy atom. The Balaban J connectivity index is 1.58. The van der Waals surface area contributed by atoms with Crippen molar-refractivity contribution in [1.82, 2.24) is 5.32 Å². The van der Waals surface area contributed by atoms with Gasteiger partial charge in [0.05, 0.1) is 34.0 Å². The predicted molar refractivity (Wildman–Crippen MR) is 150 cm³/mol. The van der Waals surface area contributed by atoms with Crippen molar-refractivity contribution < 1.29 is 14.0 Å². The minimum absolute atomic E-state index is 0.0156. The molecule has 0 radical (unpaired) electrons. The van der Waals surface area contributed by atoms with E-state index in [9.17, 15) is 14.0 Å². The van der Waals surface area contributed by atoms with Crippen LogP contribution in [0.1, 0.15) is 43.9 Å². The molecule has 1 aliphatic heterocycles. The second-order valence-electron chi connectivity index (χ2n) is 10.6. The summed E-state index contributed by atoms with van der Waals surface area (Å²) in [4.78, 5) is 29.0. The monoisotopic (exact) mass is 551 g/mol. The molecule has 196 valence electrons. The van der Waals surface area contributed by atoms with Crippen molar-refractivity contribution in [2.75, 3.05) is 16.8 Å². The van der Waals surface area contributed by atoms with Crippen LogP contribution in [0.15, 0.2) is 78.0 Å². The SMILES string of the molecule is CC1(C)CC(=O)C2=C(C1)Nc1ccccc1N(CC(=O)NCc1ccc(F)cc1)C2c1ccc(Cl)c(Cl)c1. The van der Waals surface area contributed by atoms with Crippen molar-refractivity contribution in [3.05, 3.63) is 105 Å². The molecule has 2 aliphatic rings. The molecule has 3 aromatic rings. The van der Waals surface area contributed by atoms with Crippen LogP contribution in [0.25, 0.3) is 0 Å². The number of rotatable bonds is 5. The van der Waals surface area contributed by atoms with Crippen molar-refractivity contribution in [3.63, 3.8) is 0 Å². The first-order chi connectivity index (χ1) is 18.1. The molecule has 0 fully saturated rings. The number of hydrogen-bond acceptors (Lipinski definition) is 4. The van der Waals surface area contributed by atoms with E-state index in [1.165, 1.54) is 12.1 Å². The van der Waals surface area contributed by atoms with Crippen LogP contribution in [0.3, 0.4) is 0 Å². The van der Waals surface area contributed by atoms with Crippen LogP contribution >= 0.6 is 23.2 Å². The minimum atomic E-state index is -0.559. The smallest absolute Gasteiger partial charge is 0.239 e. The van der Waals surface area contributed by atoms with Crippen molar-refractivity contribution >= 4 is 46.3 Å². The summed E-state index contributed by atoms with van der Waals surface area (Å²) in [5, 5.41) is 7.25. The number of nitrogens with zero attached hydrogens (tertiary/aromatic N) is 1. The summed E-state index contributed by atoms with van der Waals surface area (Å²) in [6, 6.07) is 18.5. The number of hydrogen-bond donors (Lipinski definition) is 2. The minimum Gasteiger partial charge on any atom is -0.357 e. The Hall–Kier alpha value is -3.35. The fraction of sp³-hybridized carbons (Fsp3) is 0.267. The molecule has 3 aromatic carbocycles. The second-order valence-corrected chi connectivity index (χ2v) is 11.4. The number of para-hydroxylation sites is 2. The van der Waals surface area contributed by atoms with Gasteiger partial charge in [0.15, 0.2) is 5.78 Å². The molecule has 0 aromatic heterocycles. The van der Waals surface area contributed by atoms with E-state index in [-0.39, 0.29) is 36.0 Å². The first kappa shape index (κ1) is 26.3. The maximum absolute atomic E-state index is 13.7. The van der Waals surface area contributed by atoms with E-state index < -0.39 is 6.04 Å². The highest BCUT2D eigenvalue weighted by molar-refractivity contribution is 6.42. The van der Waals surface area contributed by atoms with Crippen molar-refractivity contribution in [2.45, 2.75) is 39.3 Å². The molecule has 0 spiro atoms. The fourth-order valence-corrected chi connectivity index (χ4v) is 5.58. The lowest BCUT2D eigenvalue weighted by molar-refractivity contribution is -0.120. The van der Waals surface area contributed by atoms with Gasteiger partial charge < -0.3 is 15.5 Å². The van der Waals surface area contributed by atoms with E-state index >= 15 is 0 Å². The Labute approximate surface area is 231 Å². The van der Waals surface area contributed by atoms with Crippen LogP contribution in [0, 0.1) is 11.2 Å². The molecule has 38 heavy (non-hydrogen) atoms. The van der Waals surface area contributed by atoms with Crippen LogP contribution in [0.5, 0.6) is 0 Å². The second kappa shape index (κ2) is 10.4. The summed E-state index contributed by atoms with van der Waals surface area (Å²) >= 11 is 12.7. The van der Waals surface area contributed by atoms with Crippen LogP contribution in [-0.4, -0.2) is 18.2 Å². The van der Waals surface area contributed by atoms with Gasteiger partial charge in [-0.2, -0.15) is 0 Å². The van der Waals surface area contributed by atoms with E-state index in [0.717, 1.165) is 28.2 Å². The Morgan fingerprint density at radius 3 is 2.53 bits per heavy atom. The molecule has 1 aliphatic carbocycles. The van der Waals surface area contributed by atoms with Crippen LogP contribution in [-0.2, 0) is 16.1 Å². The fourth-order valence-electron chi connectivity index (χ4n) is 5.27. The molecule has 0 bridgehead atoms. The molecule has 8 heteroatoms. The molecule has 2 N–H and O–H groups in total. The molecule has 5 rings (SSSR count). The lowest BCUT2D eigenvalue weighted by Crippen LogP contribution is -2.41. The zero-order chi connectivity index (χ0) is 27.0. The van der Waals surface area contributed by atoms with Gasteiger partial charge in [-0.25, -0.2) is 4.39 Å². The zero-order valence-electron chi connectivity index (χ0n) is 21.2. The average molecular weight is 552 g/mol. The van der Waals surface area contributed by atoms with Gasteiger partial charge in [0.25, 0.3) is 0 Å². The number of allylic oxidation sites excluding steroid dienone is 1. The van der Waals surface area contributed by atoms with Gasteiger partial charge in [-0.15, -0.1) is 0 Å². The normalized spacial score (nSPS) is 18.3. The maximum Gasteiger partial charge on any atom is 0.239 e. The third kappa shape index (κ3) is 5.42. The highest BCUT2D eigenvalue weighted by atomic mass is 35.5. The highest BCUT2D eigenvalue weighted by Crippen LogP contribution is 2.48. The molecule has 0 saturated carbocycles. The number of fused-ring (bicyclic) bond motifs is 1. The predicted octanol–water partition coefficient (Wildman–Crippen LogP) is 7.07. The average Bonchev–Trinajstić information content (AvgIpc) is 2.99. The summed E-state index contributed by atoms with van der Waals surface area (Å²) in [7, 11) is 0. The van der Waals surface area contributed by atoms with Crippen molar-refractivity contribution in [2.24, 2.45) is 5.41 Å². The van der Waals surface area contributed by atoms with Crippen molar-refractivity contribution in [3.8, 4) is 0 Å². The molecule has 1 atom stereocenters. The summed E-state index contributed by atoms with van der Waals surface area (Å²) in [5.74, 6) is -0.534. The van der Waals surface area contributed by atoms with Crippen LogP contribution in [0.2, 0.25) is 10.0 Å².